The number of rotatable bonds is 3. The minimum atomic E-state index is 0.582. The average molecular weight is 243 g/mol. The van der Waals surface area contributed by atoms with Gasteiger partial charge in [-0.05, 0) is 55.9 Å². The molecule has 1 aromatic carbocycles. The summed E-state index contributed by atoms with van der Waals surface area (Å²) in [7, 11) is 0. The van der Waals surface area contributed by atoms with E-state index in [-0.39, 0.29) is 0 Å². The van der Waals surface area contributed by atoms with Gasteiger partial charge in [0.2, 0.25) is 0 Å². The lowest BCUT2D eigenvalue weighted by molar-refractivity contribution is 0.421. The molecule has 1 fully saturated rings. The molecule has 1 saturated carbocycles. The molecular formula is C14H17N3O. The van der Waals surface area contributed by atoms with E-state index >= 15 is 0 Å². The molecule has 94 valence electrons. The molecule has 1 aromatic heterocycles. The van der Waals surface area contributed by atoms with Crippen LogP contribution in [0, 0.1) is 19.8 Å². The van der Waals surface area contributed by atoms with E-state index in [4.69, 9.17) is 10.3 Å². The van der Waals surface area contributed by atoms with Crippen molar-refractivity contribution in [1.82, 2.24) is 10.1 Å². The van der Waals surface area contributed by atoms with Crippen LogP contribution in [0.25, 0.3) is 11.5 Å². The standard InChI is InChI=1S/C14H17N3O/c1-8-5-11(15)7-12(9(8)2)14-16-13(17-18-14)6-10-3-4-10/h5,7,10H,3-4,6,15H2,1-2H3. The van der Waals surface area contributed by atoms with Crippen LogP contribution >= 0.6 is 0 Å². The van der Waals surface area contributed by atoms with Gasteiger partial charge < -0.3 is 10.3 Å². The highest BCUT2D eigenvalue weighted by Crippen LogP contribution is 2.33. The summed E-state index contributed by atoms with van der Waals surface area (Å²) in [6.45, 7) is 4.09. The maximum atomic E-state index is 5.87. The smallest absolute Gasteiger partial charge is 0.258 e. The summed E-state index contributed by atoms with van der Waals surface area (Å²) in [4.78, 5) is 4.47. The molecule has 1 heterocycles. The van der Waals surface area contributed by atoms with E-state index in [1.807, 2.05) is 19.1 Å². The fourth-order valence-electron chi connectivity index (χ4n) is 2.14. The van der Waals surface area contributed by atoms with Gasteiger partial charge in [-0.2, -0.15) is 4.98 Å². The van der Waals surface area contributed by atoms with Crippen molar-refractivity contribution in [2.75, 3.05) is 5.73 Å². The van der Waals surface area contributed by atoms with Gasteiger partial charge in [0.15, 0.2) is 5.82 Å². The molecule has 2 N–H and O–H groups in total. The molecule has 0 radical (unpaired) electrons. The van der Waals surface area contributed by atoms with Crippen molar-refractivity contribution in [2.45, 2.75) is 33.1 Å². The summed E-state index contributed by atoms with van der Waals surface area (Å²) < 4.78 is 5.35. The number of hydrogen-bond donors (Lipinski definition) is 1. The zero-order valence-corrected chi connectivity index (χ0v) is 10.7. The second-order valence-electron chi connectivity index (χ2n) is 5.17. The molecule has 1 aliphatic carbocycles. The van der Waals surface area contributed by atoms with E-state index in [0.29, 0.717) is 5.89 Å². The molecule has 0 atom stereocenters. The number of anilines is 1. The number of benzene rings is 1. The van der Waals surface area contributed by atoms with Gasteiger partial charge in [-0.15, -0.1) is 0 Å². The summed E-state index contributed by atoms with van der Waals surface area (Å²) in [5, 5.41) is 4.05. The molecule has 0 unspecified atom stereocenters. The molecule has 0 aliphatic heterocycles. The molecule has 4 nitrogen and oxygen atoms in total. The van der Waals surface area contributed by atoms with Crippen LogP contribution in [0.4, 0.5) is 5.69 Å². The van der Waals surface area contributed by atoms with Crippen molar-refractivity contribution in [3.8, 4) is 11.5 Å². The highest BCUT2D eigenvalue weighted by atomic mass is 16.5. The molecular weight excluding hydrogens is 226 g/mol. The third-order valence-electron chi connectivity index (χ3n) is 3.56. The highest BCUT2D eigenvalue weighted by molar-refractivity contribution is 5.66. The first-order valence-electron chi connectivity index (χ1n) is 6.33. The maximum Gasteiger partial charge on any atom is 0.258 e. The van der Waals surface area contributed by atoms with Gasteiger partial charge in [-0.1, -0.05) is 5.16 Å². The molecule has 4 heteroatoms. The molecule has 0 bridgehead atoms. The van der Waals surface area contributed by atoms with E-state index in [9.17, 15) is 0 Å². The first-order chi connectivity index (χ1) is 8.63. The van der Waals surface area contributed by atoms with E-state index < -0.39 is 0 Å². The minimum absolute atomic E-state index is 0.582. The van der Waals surface area contributed by atoms with Gasteiger partial charge in [-0.3, -0.25) is 0 Å². The van der Waals surface area contributed by atoms with Crippen molar-refractivity contribution in [1.29, 1.82) is 0 Å². The predicted octanol–water partition coefficient (Wildman–Crippen LogP) is 2.89. The Morgan fingerprint density at radius 2 is 2.11 bits per heavy atom. The number of hydrogen-bond acceptors (Lipinski definition) is 4. The second kappa shape index (κ2) is 4.12. The lowest BCUT2D eigenvalue weighted by Crippen LogP contribution is -1.93. The second-order valence-corrected chi connectivity index (χ2v) is 5.17. The highest BCUT2D eigenvalue weighted by Gasteiger charge is 2.24. The Morgan fingerprint density at radius 3 is 2.83 bits per heavy atom. The number of nitrogen functional groups attached to an aromatic ring is 1. The molecule has 0 amide bonds. The third kappa shape index (κ3) is 2.10. The van der Waals surface area contributed by atoms with E-state index in [0.717, 1.165) is 40.5 Å². The van der Waals surface area contributed by atoms with Crippen molar-refractivity contribution >= 4 is 5.69 Å². The Kier molecular flexibility index (Phi) is 2.58. The lowest BCUT2D eigenvalue weighted by atomic mass is 10.0. The zero-order valence-electron chi connectivity index (χ0n) is 10.7. The molecule has 2 aromatic rings. The largest absolute Gasteiger partial charge is 0.399 e. The van der Waals surface area contributed by atoms with Crippen LogP contribution < -0.4 is 5.73 Å². The number of nitrogens with two attached hydrogens (primary N) is 1. The lowest BCUT2D eigenvalue weighted by Gasteiger charge is -2.06. The third-order valence-corrected chi connectivity index (χ3v) is 3.56. The maximum absolute atomic E-state index is 5.87. The van der Waals surface area contributed by atoms with Crippen LogP contribution in [0.3, 0.4) is 0 Å². The van der Waals surface area contributed by atoms with Crippen molar-refractivity contribution in [3.05, 3.63) is 29.1 Å². The van der Waals surface area contributed by atoms with E-state index in [2.05, 4.69) is 17.1 Å². The van der Waals surface area contributed by atoms with Crippen LogP contribution in [0.2, 0.25) is 0 Å². The Morgan fingerprint density at radius 1 is 1.33 bits per heavy atom. The SMILES string of the molecule is Cc1cc(N)cc(-c2nc(CC3CC3)no2)c1C. The molecule has 0 saturated heterocycles. The van der Waals surface area contributed by atoms with Crippen LogP contribution in [0.5, 0.6) is 0 Å². The van der Waals surface area contributed by atoms with Gasteiger partial charge in [0.25, 0.3) is 5.89 Å². The summed E-state index contributed by atoms with van der Waals surface area (Å²) >= 11 is 0. The van der Waals surface area contributed by atoms with Gasteiger partial charge in [0.05, 0.1) is 0 Å². The van der Waals surface area contributed by atoms with Crippen molar-refractivity contribution in [2.24, 2.45) is 5.92 Å². The van der Waals surface area contributed by atoms with Crippen molar-refractivity contribution in [3.63, 3.8) is 0 Å². The first kappa shape index (κ1) is 11.3. The Hall–Kier alpha value is -1.84. The molecule has 3 rings (SSSR count). The monoisotopic (exact) mass is 243 g/mol. The topological polar surface area (TPSA) is 64.9 Å². The summed E-state index contributed by atoms with van der Waals surface area (Å²) in [5.74, 6) is 2.16. The molecule has 1 aliphatic rings. The number of nitrogens with zero attached hydrogens (tertiary/aromatic N) is 2. The van der Waals surface area contributed by atoms with E-state index in [1.54, 1.807) is 0 Å². The normalized spacial score (nSPS) is 15.0. The van der Waals surface area contributed by atoms with Crippen LogP contribution in [-0.2, 0) is 6.42 Å². The zero-order chi connectivity index (χ0) is 12.7. The predicted molar refractivity (Wildman–Crippen MR) is 70.0 cm³/mol. The quantitative estimate of drug-likeness (QED) is 0.842. The number of aryl methyl sites for hydroxylation is 1. The fourth-order valence-corrected chi connectivity index (χ4v) is 2.14. The van der Waals surface area contributed by atoms with Crippen LogP contribution in [0.1, 0.15) is 29.8 Å². The van der Waals surface area contributed by atoms with Gasteiger partial charge >= 0.3 is 0 Å². The minimum Gasteiger partial charge on any atom is -0.399 e. The van der Waals surface area contributed by atoms with Crippen LogP contribution in [-0.4, -0.2) is 10.1 Å². The van der Waals surface area contributed by atoms with Gasteiger partial charge in [-0.25, -0.2) is 0 Å². The van der Waals surface area contributed by atoms with Crippen LogP contribution in [0.15, 0.2) is 16.7 Å². The first-order valence-corrected chi connectivity index (χ1v) is 6.33. The van der Waals surface area contributed by atoms with Gasteiger partial charge in [0, 0.05) is 17.7 Å². The molecule has 18 heavy (non-hydrogen) atoms. The molecule has 0 spiro atoms. The summed E-state index contributed by atoms with van der Waals surface area (Å²) in [5.41, 5.74) is 9.84. The Bertz CT molecular complexity index is 585. The fraction of sp³-hybridized carbons (Fsp3) is 0.429. The average Bonchev–Trinajstić information content (AvgIpc) is 3.00. The summed E-state index contributed by atoms with van der Waals surface area (Å²) in [6, 6.07) is 3.86. The Labute approximate surface area is 106 Å². The van der Waals surface area contributed by atoms with Gasteiger partial charge in [0.1, 0.15) is 0 Å². The number of aromatic nitrogens is 2. The van der Waals surface area contributed by atoms with E-state index in [1.165, 1.54) is 12.8 Å². The Balaban J connectivity index is 1.95. The van der Waals surface area contributed by atoms with Crippen molar-refractivity contribution < 1.29 is 4.52 Å². The summed E-state index contributed by atoms with van der Waals surface area (Å²) in [6.07, 6.45) is 3.52.